The lowest BCUT2D eigenvalue weighted by atomic mass is 9.79. The quantitative estimate of drug-likeness (QED) is 0.186. The van der Waals surface area contributed by atoms with Gasteiger partial charge in [0, 0.05) is 18.4 Å². The van der Waals surface area contributed by atoms with Crippen LogP contribution in [0.3, 0.4) is 0 Å². The van der Waals surface area contributed by atoms with E-state index >= 15 is 0 Å². The highest BCUT2D eigenvalue weighted by atomic mass is 19.3. The van der Waals surface area contributed by atoms with Gasteiger partial charge < -0.3 is 14.2 Å². The van der Waals surface area contributed by atoms with Crippen LogP contribution in [0.5, 0.6) is 17.2 Å². The zero-order valence-corrected chi connectivity index (χ0v) is 21.1. The Labute approximate surface area is 217 Å². The van der Waals surface area contributed by atoms with Crippen LogP contribution < -0.4 is 14.2 Å². The number of alkyl halides is 3. The Morgan fingerprint density at radius 2 is 1.42 bits per heavy atom. The molecule has 1 unspecified atom stereocenters. The van der Waals surface area contributed by atoms with Crippen LogP contribution in [0.25, 0.3) is 0 Å². The Kier molecular flexibility index (Phi) is 10.3. The Balaban J connectivity index is 1.54. The summed E-state index contributed by atoms with van der Waals surface area (Å²) in [7, 11) is 0. The van der Waals surface area contributed by atoms with E-state index in [2.05, 4.69) is 6.58 Å². The van der Waals surface area contributed by atoms with E-state index in [0.717, 1.165) is 37.1 Å². The van der Waals surface area contributed by atoms with Gasteiger partial charge in [-0.3, -0.25) is 0 Å². The van der Waals surface area contributed by atoms with Gasteiger partial charge in [-0.25, -0.2) is 17.6 Å². The van der Waals surface area contributed by atoms with Crippen molar-refractivity contribution in [2.24, 2.45) is 11.8 Å². The van der Waals surface area contributed by atoms with Crippen molar-refractivity contribution < 1.29 is 44.9 Å². The maximum atomic E-state index is 14.6. The molecule has 10 heteroatoms. The maximum Gasteiger partial charge on any atom is 0.281 e. The zero-order valence-electron chi connectivity index (χ0n) is 21.1. The third kappa shape index (κ3) is 7.57. The molecule has 1 aliphatic carbocycles. The van der Waals surface area contributed by atoms with E-state index in [4.69, 9.17) is 14.2 Å². The van der Waals surface area contributed by atoms with Gasteiger partial charge in [0.15, 0.2) is 29.7 Å². The maximum absolute atomic E-state index is 14.6. The fourth-order valence-electron chi connectivity index (χ4n) is 4.51. The fraction of sp³-hybridized carbons (Fsp3) is 0.500. The van der Waals surface area contributed by atoms with E-state index in [1.165, 1.54) is 0 Å². The van der Waals surface area contributed by atoms with Crippen LogP contribution in [-0.4, -0.2) is 25.7 Å². The summed E-state index contributed by atoms with van der Waals surface area (Å²) in [6.45, 7) is 3.82. The number of benzene rings is 2. The van der Waals surface area contributed by atoms with Gasteiger partial charge in [0.05, 0.1) is 13.2 Å². The minimum Gasteiger partial charge on any atom is -0.491 e. The van der Waals surface area contributed by atoms with Gasteiger partial charge in [0.25, 0.3) is 5.92 Å². The lowest BCUT2D eigenvalue weighted by Gasteiger charge is -2.29. The van der Waals surface area contributed by atoms with Crippen LogP contribution in [0.15, 0.2) is 36.9 Å². The SMILES string of the molecule is C=CC1CCC(CC(F)(F)COc2ccc(C(F)CCOc3ccc(OCC)c(F)c3F)c(F)c2F)CC1. The first-order valence-electron chi connectivity index (χ1n) is 12.5. The lowest BCUT2D eigenvalue weighted by Crippen LogP contribution is -2.30. The van der Waals surface area contributed by atoms with Crippen molar-refractivity contribution in [1.82, 2.24) is 0 Å². The highest BCUT2D eigenvalue weighted by molar-refractivity contribution is 5.35. The lowest BCUT2D eigenvalue weighted by molar-refractivity contribution is -0.0644. The largest absolute Gasteiger partial charge is 0.491 e. The van der Waals surface area contributed by atoms with Gasteiger partial charge in [-0.15, -0.1) is 6.58 Å². The van der Waals surface area contributed by atoms with Crippen molar-refractivity contribution in [3.05, 3.63) is 65.8 Å². The second-order valence-electron chi connectivity index (χ2n) is 9.37. The van der Waals surface area contributed by atoms with E-state index < -0.39 is 78.5 Å². The molecule has 1 aliphatic rings. The molecule has 38 heavy (non-hydrogen) atoms. The van der Waals surface area contributed by atoms with Crippen molar-refractivity contribution in [3.8, 4) is 17.2 Å². The third-order valence-corrected chi connectivity index (χ3v) is 6.61. The standard InChI is InChI=1S/C28H31F7O3/c1-3-17-5-7-18(8-6-17)15-28(34,35)16-38-23-10-9-19(24(30)25(23)31)20(29)13-14-37-22-12-11-21(36-4-2)26(32)27(22)33/h3,9-12,17-18,20H,1,4-8,13-16H2,2H3. The first kappa shape index (κ1) is 29.6. The molecule has 0 heterocycles. The average Bonchev–Trinajstić information content (AvgIpc) is 2.89. The summed E-state index contributed by atoms with van der Waals surface area (Å²) in [6, 6.07) is 4.03. The Bertz CT molecular complexity index is 1080. The molecule has 2 aromatic carbocycles. The minimum atomic E-state index is -3.25. The van der Waals surface area contributed by atoms with Crippen LogP contribution in [-0.2, 0) is 0 Å². The monoisotopic (exact) mass is 548 g/mol. The van der Waals surface area contributed by atoms with Crippen molar-refractivity contribution in [1.29, 1.82) is 0 Å². The molecule has 1 fully saturated rings. The fourth-order valence-corrected chi connectivity index (χ4v) is 4.51. The molecular weight excluding hydrogens is 517 g/mol. The predicted molar refractivity (Wildman–Crippen MR) is 129 cm³/mol. The topological polar surface area (TPSA) is 27.7 Å². The molecule has 1 saturated carbocycles. The molecular formula is C28H31F7O3. The van der Waals surface area contributed by atoms with Crippen LogP contribution in [0.2, 0.25) is 0 Å². The number of allylic oxidation sites excluding steroid dienone is 1. The number of halogens is 7. The molecule has 0 aliphatic heterocycles. The summed E-state index contributed by atoms with van der Waals surface area (Å²) < 4.78 is 115. The highest BCUT2D eigenvalue weighted by Gasteiger charge is 2.35. The first-order valence-corrected chi connectivity index (χ1v) is 12.5. The number of hydrogen-bond acceptors (Lipinski definition) is 3. The Morgan fingerprint density at radius 1 is 0.868 bits per heavy atom. The number of ether oxygens (including phenoxy) is 3. The summed E-state index contributed by atoms with van der Waals surface area (Å²) in [4.78, 5) is 0. The minimum absolute atomic E-state index is 0.117. The van der Waals surface area contributed by atoms with Gasteiger partial charge in [0.1, 0.15) is 6.17 Å². The molecule has 0 spiro atoms. The second-order valence-corrected chi connectivity index (χ2v) is 9.37. The van der Waals surface area contributed by atoms with Gasteiger partial charge in [-0.1, -0.05) is 6.08 Å². The van der Waals surface area contributed by atoms with Crippen molar-refractivity contribution >= 4 is 0 Å². The first-order chi connectivity index (χ1) is 18.1. The van der Waals surface area contributed by atoms with Crippen LogP contribution in [0.1, 0.15) is 57.2 Å². The number of hydrogen-bond donors (Lipinski definition) is 0. The smallest absolute Gasteiger partial charge is 0.281 e. The van der Waals surface area contributed by atoms with Crippen molar-refractivity contribution in [2.45, 2.75) is 57.5 Å². The molecule has 0 radical (unpaired) electrons. The van der Waals surface area contributed by atoms with Crippen LogP contribution in [0, 0.1) is 35.1 Å². The molecule has 3 nitrogen and oxygen atoms in total. The summed E-state index contributed by atoms with van der Waals surface area (Å²) in [5, 5.41) is 0. The summed E-state index contributed by atoms with van der Waals surface area (Å²) in [6.07, 6.45) is 1.65. The molecule has 0 amide bonds. The van der Waals surface area contributed by atoms with E-state index in [1.807, 2.05) is 6.08 Å². The normalized spacial score (nSPS) is 18.6. The Hall–Kier alpha value is -2.91. The molecule has 0 aromatic heterocycles. The second kappa shape index (κ2) is 13.2. The molecule has 2 aromatic rings. The average molecular weight is 549 g/mol. The van der Waals surface area contributed by atoms with Crippen molar-refractivity contribution in [2.75, 3.05) is 19.8 Å². The molecule has 0 saturated heterocycles. The van der Waals surface area contributed by atoms with E-state index in [1.54, 1.807) is 6.92 Å². The van der Waals surface area contributed by atoms with Gasteiger partial charge in [0.2, 0.25) is 17.5 Å². The van der Waals surface area contributed by atoms with E-state index in [-0.39, 0.29) is 18.3 Å². The van der Waals surface area contributed by atoms with Gasteiger partial charge in [-0.05, 0) is 68.7 Å². The molecule has 0 bridgehead atoms. The molecule has 210 valence electrons. The van der Waals surface area contributed by atoms with Crippen LogP contribution >= 0.6 is 0 Å². The molecule has 1 atom stereocenters. The molecule has 3 rings (SSSR count). The van der Waals surface area contributed by atoms with Crippen molar-refractivity contribution in [3.63, 3.8) is 0 Å². The molecule has 0 N–H and O–H groups in total. The predicted octanol–water partition coefficient (Wildman–Crippen LogP) is 8.52. The Morgan fingerprint density at radius 3 is 2.03 bits per heavy atom. The van der Waals surface area contributed by atoms with Gasteiger partial charge >= 0.3 is 0 Å². The summed E-state index contributed by atoms with van der Waals surface area (Å²) >= 11 is 0. The zero-order chi connectivity index (χ0) is 27.9. The van der Waals surface area contributed by atoms with Crippen LogP contribution in [0.4, 0.5) is 30.7 Å². The summed E-state index contributed by atoms with van der Waals surface area (Å²) in [5.41, 5.74) is -0.678. The van der Waals surface area contributed by atoms with E-state index in [0.29, 0.717) is 18.8 Å². The highest BCUT2D eigenvalue weighted by Crippen LogP contribution is 2.37. The van der Waals surface area contributed by atoms with E-state index in [9.17, 15) is 30.7 Å². The summed E-state index contributed by atoms with van der Waals surface area (Å²) in [5.74, 6) is -10.4. The third-order valence-electron chi connectivity index (χ3n) is 6.61. The number of rotatable bonds is 13. The van der Waals surface area contributed by atoms with Gasteiger partial charge in [-0.2, -0.15) is 13.2 Å².